The normalized spacial score (nSPS) is 15.0. The van der Waals surface area contributed by atoms with E-state index in [0.29, 0.717) is 19.4 Å². The zero-order chi connectivity index (χ0) is 18.9. The molecule has 1 heterocycles. The predicted molar refractivity (Wildman–Crippen MR) is 103 cm³/mol. The van der Waals surface area contributed by atoms with E-state index in [1.54, 1.807) is 23.1 Å². The van der Waals surface area contributed by atoms with Crippen LogP contribution in [0.2, 0.25) is 0 Å². The quantitative estimate of drug-likeness (QED) is 0.875. The van der Waals surface area contributed by atoms with Crippen LogP contribution < -0.4 is 9.62 Å². The average molecular weight is 372 g/mol. The fourth-order valence-corrected chi connectivity index (χ4v) is 4.50. The summed E-state index contributed by atoms with van der Waals surface area (Å²) < 4.78 is 28.3. The predicted octanol–water partition coefficient (Wildman–Crippen LogP) is 3.33. The monoisotopic (exact) mass is 372 g/mol. The Bertz CT molecular complexity index is 921. The summed E-state index contributed by atoms with van der Waals surface area (Å²) in [6.07, 6.45) is 1.12. The van der Waals surface area contributed by atoms with E-state index >= 15 is 0 Å². The van der Waals surface area contributed by atoms with Crippen LogP contribution in [0.15, 0.2) is 47.4 Å². The van der Waals surface area contributed by atoms with Crippen molar-refractivity contribution < 1.29 is 13.2 Å². The second kappa shape index (κ2) is 7.21. The SMILES string of the molecule is CCC(=O)N1CCc2cc(S(=O)(=O)N[C@H](C)c3ccc(C)cc3)ccc21. The molecule has 1 aliphatic rings. The van der Waals surface area contributed by atoms with Crippen LogP contribution in [0, 0.1) is 6.92 Å². The maximum Gasteiger partial charge on any atom is 0.241 e. The minimum atomic E-state index is -3.64. The van der Waals surface area contributed by atoms with Gasteiger partial charge in [-0.15, -0.1) is 0 Å². The van der Waals surface area contributed by atoms with Gasteiger partial charge < -0.3 is 4.90 Å². The summed E-state index contributed by atoms with van der Waals surface area (Å²) in [7, 11) is -3.64. The fraction of sp³-hybridized carbons (Fsp3) is 0.350. The van der Waals surface area contributed by atoms with E-state index in [1.807, 2.05) is 45.0 Å². The number of amides is 1. The third-order valence-electron chi connectivity index (χ3n) is 4.77. The van der Waals surface area contributed by atoms with Crippen LogP contribution in [0.1, 0.15) is 43.0 Å². The molecule has 1 atom stereocenters. The van der Waals surface area contributed by atoms with Gasteiger partial charge in [0, 0.05) is 24.7 Å². The molecule has 1 N–H and O–H groups in total. The standard InChI is InChI=1S/C20H24N2O3S/c1-4-20(23)22-12-11-17-13-18(9-10-19(17)22)26(24,25)21-15(3)16-7-5-14(2)6-8-16/h5-10,13,15,21H,4,11-12H2,1-3H3/t15-/m1/s1. The zero-order valence-corrected chi connectivity index (χ0v) is 16.1. The lowest BCUT2D eigenvalue weighted by Gasteiger charge is -2.18. The molecule has 5 nitrogen and oxygen atoms in total. The first-order valence-corrected chi connectivity index (χ1v) is 10.3. The highest BCUT2D eigenvalue weighted by atomic mass is 32.2. The lowest BCUT2D eigenvalue weighted by molar-refractivity contribution is -0.118. The maximum absolute atomic E-state index is 12.8. The summed E-state index contributed by atoms with van der Waals surface area (Å²) in [6, 6.07) is 12.5. The van der Waals surface area contributed by atoms with Gasteiger partial charge in [0.1, 0.15) is 0 Å². The van der Waals surface area contributed by atoms with Crippen molar-refractivity contribution in [2.45, 2.75) is 44.6 Å². The molecule has 0 unspecified atom stereocenters. The number of benzene rings is 2. The van der Waals surface area contributed by atoms with Crippen LogP contribution >= 0.6 is 0 Å². The van der Waals surface area contributed by atoms with Gasteiger partial charge in [-0.25, -0.2) is 13.1 Å². The van der Waals surface area contributed by atoms with Gasteiger partial charge in [0.05, 0.1) is 4.90 Å². The molecular formula is C20H24N2O3S. The number of nitrogens with zero attached hydrogens (tertiary/aromatic N) is 1. The van der Waals surface area contributed by atoms with E-state index in [2.05, 4.69) is 4.72 Å². The highest BCUT2D eigenvalue weighted by Crippen LogP contribution is 2.31. The molecule has 26 heavy (non-hydrogen) atoms. The average Bonchev–Trinajstić information content (AvgIpc) is 3.04. The number of sulfonamides is 1. The second-order valence-electron chi connectivity index (χ2n) is 6.69. The van der Waals surface area contributed by atoms with Crippen molar-refractivity contribution in [2.24, 2.45) is 0 Å². The molecule has 0 saturated carbocycles. The molecule has 2 aromatic carbocycles. The van der Waals surface area contributed by atoms with Gasteiger partial charge in [0.15, 0.2) is 0 Å². The minimum absolute atomic E-state index is 0.0606. The Morgan fingerprint density at radius 3 is 2.54 bits per heavy atom. The highest BCUT2D eigenvalue weighted by molar-refractivity contribution is 7.89. The van der Waals surface area contributed by atoms with Crippen molar-refractivity contribution in [1.29, 1.82) is 0 Å². The largest absolute Gasteiger partial charge is 0.312 e. The number of hydrogen-bond donors (Lipinski definition) is 1. The number of fused-ring (bicyclic) bond motifs is 1. The fourth-order valence-electron chi connectivity index (χ4n) is 3.22. The number of anilines is 1. The van der Waals surface area contributed by atoms with Crippen molar-refractivity contribution >= 4 is 21.6 Å². The molecule has 0 radical (unpaired) electrons. The summed E-state index contributed by atoms with van der Waals surface area (Å²) >= 11 is 0. The molecule has 0 aliphatic carbocycles. The molecular weight excluding hydrogens is 348 g/mol. The van der Waals surface area contributed by atoms with Crippen molar-refractivity contribution in [1.82, 2.24) is 4.72 Å². The molecule has 0 saturated heterocycles. The summed E-state index contributed by atoms with van der Waals surface area (Å²) in [5.41, 5.74) is 3.77. The third-order valence-corrected chi connectivity index (χ3v) is 6.31. The number of aryl methyl sites for hydroxylation is 1. The molecule has 3 rings (SSSR count). The van der Waals surface area contributed by atoms with Crippen LogP contribution in [0.4, 0.5) is 5.69 Å². The number of carbonyl (C=O) groups is 1. The van der Waals surface area contributed by atoms with Crippen molar-refractivity contribution in [3.8, 4) is 0 Å². The van der Waals surface area contributed by atoms with Crippen molar-refractivity contribution in [3.63, 3.8) is 0 Å². The molecule has 0 spiro atoms. The number of nitrogens with one attached hydrogen (secondary N) is 1. The van der Waals surface area contributed by atoms with E-state index < -0.39 is 10.0 Å². The van der Waals surface area contributed by atoms with Gasteiger partial charge in [-0.3, -0.25) is 4.79 Å². The Balaban J connectivity index is 1.82. The Hall–Kier alpha value is -2.18. The number of carbonyl (C=O) groups excluding carboxylic acids is 1. The van der Waals surface area contributed by atoms with Crippen LogP contribution in [0.25, 0.3) is 0 Å². The molecule has 2 aromatic rings. The van der Waals surface area contributed by atoms with Gasteiger partial charge in [-0.05, 0) is 49.6 Å². The first kappa shape index (κ1) is 18.6. The minimum Gasteiger partial charge on any atom is -0.312 e. The molecule has 138 valence electrons. The molecule has 6 heteroatoms. The molecule has 1 amide bonds. The molecule has 0 aromatic heterocycles. The maximum atomic E-state index is 12.8. The van der Waals surface area contributed by atoms with Crippen LogP contribution in [0.3, 0.4) is 0 Å². The van der Waals surface area contributed by atoms with Gasteiger partial charge in [-0.2, -0.15) is 0 Å². The van der Waals surface area contributed by atoms with Gasteiger partial charge in [-0.1, -0.05) is 36.8 Å². The summed E-state index contributed by atoms with van der Waals surface area (Å²) in [5.74, 6) is 0.0606. The van der Waals surface area contributed by atoms with E-state index in [0.717, 1.165) is 22.4 Å². The Morgan fingerprint density at radius 2 is 1.88 bits per heavy atom. The van der Waals surface area contributed by atoms with Gasteiger partial charge >= 0.3 is 0 Å². The van der Waals surface area contributed by atoms with Crippen LogP contribution in [-0.4, -0.2) is 20.9 Å². The van der Waals surface area contributed by atoms with E-state index in [1.165, 1.54) is 0 Å². The van der Waals surface area contributed by atoms with Crippen molar-refractivity contribution in [3.05, 3.63) is 59.2 Å². The lowest BCUT2D eigenvalue weighted by Crippen LogP contribution is -2.28. The zero-order valence-electron chi connectivity index (χ0n) is 15.3. The number of hydrogen-bond acceptors (Lipinski definition) is 3. The first-order chi connectivity index (χ1) is 12.3. The first-order valence-electron chi connectivity index (χ1n) is 8.84. The van der Waals surface area contributed by atoms with Crippen LogP contribution in [-0.2, 0) is 21.2 Å². The van der Waals surface area contributed by atoms with Gasteiger partial charge in [0.25, 0.3) is 0 Å². The second-order valence-corrected chi connectivity index (χ2v) is 8.41. The third kappa shape index (κ3) is 3.66. The van der Waals surface area contributed by atoms with Crippen LogP contribution in [0.5, 0.6) is 0 Å². The smallest absolute Gasteiger partial charge is 0.241 e. The number of rotatable bonds is 5. The molecule has 1 aliphatic heterocycles. The Labute approximate surface area is 155 Å². The summed E-state index contributed by atoms with van der Waals surface area (Å²) in [4.78, 5) is 13.9. The molecule has 0 fully saturated rings. The highest BCUT2D eigenvalue weighted by Gasteiger charge is 2.26. The lowest BCUT2D eigenvalue weighted by atomic mass is 10.1. The van der Waals surface area contributed by atoms with Crippen molar-refractivity contribution in [2.75, 3.05) is 11.4 Å². The summed E-state index contributed by atoms with van der Waals surface area (Å²) in [5, 5.41) is 0. The Morgan fingerprint density at radius 1 is 1.19 bits per heavy atom. The summed E-state index contributed by atoms with van der Waals surface area (Å²) in [6.45, 7) is 6.27. The molecule has 0 bridgehead atoms. The van der Waals surface area contributed by atoms with E-state index in [4.69, 9.17) is 0 Å². The topological polar surface area (TPSA) is 66.5 Å². The van der Waals surface area contributed by atoms with E-state index in [9.17, 15) is 13.2 Å². The Kier molecular flexibility index (Phi) is 5.16. The van der Waals surface area contributed by atoms with Gasteiger partial charge in [0.2, 0.25) is 15.9 Å². The van der Waals surface area contributed by atoms with E-state index in [-0.39, 0.29) is 16.8 Å².